The van der Waals surface area contributed by atoms with Crippen LogP contribution in [0.25, 0.3) is 0 Å². The smallest absolute Gasteiger partial charge is 0.0729 e. The summed E-state index contributed by atoms with van der Waals surface area (Å²) in [5.41, 5.74) is 1.46. The maximum absolute atomic E-state index is 12.1. The second-order valence-electron chi connectivity index (χ2n) is 12.3. The third-order valence-corrected chi connectivity index (χ3v) is 10.5. The summed E-state index contributed by atoms with van der Waals surface area (Å²) in [6.45, 7) is 11.9. The molecule has 0 radical (unpaired) electrons. The Hall–Kier alpha value is -0.340. The molecule has 2 nitrogen and oxygen atoms in total. The van der Waals surface area contributed by atoms with Crippen molar-refractivity contribution in [3.63, 3.8) is 0 Å². The monoisotopic (exact) mass is 402 g/mol. The van der Waals surface area contributed by atoms with Gasteiger partial charge in [-0.25, -0.2) is 0 Å². The molecule has 4 aliphatic rings. The Bertz CT molecular complexity index is 638. The summed E-state index contributed by atoms with van der Waals surface area (Å²) in [7, 11) is 0. The summed E-state index contributed by atoms with van der Waals surface area (Å²) in [4.78, 5) is 0. The average Bonchev–Trinajstić information content (AvgIpc) is 2.94. The van der Waals surface area contributed by atoms with Crippen molar-refractivity contribution in [2.24, 2.45) is 40.4 Å². The second-order valence-corrected chi connectivity index (χ2v) is 12.3. The molecule has 0 bridgehead atoms. The van der Waals surface area contributed by atoms with Gasteiger partial charge in [0.2, 0.25) is 0 Å². The highest BCUT2D eigenvalue weighted by Crippen LogP contribution is 2.68. The molecule has 0 saturated heterocycles. The molecule has 8 atom stereocenters. The van der Waals surface area contributed by atoms with Crippen molar-refractivity contribution < 1.29 is 10.2 Å². The third-order valence-electron chi connectivity index (χ3n) is 10.5. The summed E-state index contributed by atoms with van der Waals surface area (Å²) in [5.74, 6) is 3.32. The van der Waals surface area contributed by atoms with Crippen LogP contribution in [0.1, 0.15) is 105 Å². The molecular formula is C27H46O2. The normalized spacial score (nSPS) is 47.9. The molecule has 0 spiro atoms. The molecule has 0 aromatic rings. The number of allylic oxidation sites excluding steroid dienone is 1. The van der Waals surface area contributed by atoms with Gasteiger partial charge in [0.25, 0.3) is 0 Å². The Morgan fingerprint density at radius 1 is 1.00 bits per heavy atom. The van der Waals surface area contributed by atoms with Gasteiger partial charge in [-0.15, -0.1) is 0 Å². The van der Waals surface area contributed by atoms with Crippen LogP contribution in [-0.2, 0) is 0 Å². The lowest BCUT2D eigenvalue weighted by molar-refractivity contribution is -0.150. The molecule has 0 heterocycles. The largest absolute Gasteiger partial charge is 0.393 e. The summed E-state index contributed by atoms with van der Waals surface area (Å²) in [6, 6.07) is 0. The fourth-order valence-corrected chi connectivity index (χ4v) is 8.57. The zero-order chi connectivity index (χ0) is 21.0. The molecule has 4 aliphatic carbocycles. The second kappa shape index (κ2) is 7.66. The zero-order valence-electron chi connectivity index (χ0n) is 19.7. The average molecular weight is 403 g/mol. The van der Waals surface area contributed by atoms with Gasteiger partial charge in [0.05, 0.1) is 11.7 Å². The van der Waals surface area contributed by atoms with Crippen LogP contribution in [0.2, 0.25) is 0 Å². The molecule has 4 rings (SSSR count). The summed E-state index contributed by atoms with van der Waals surface area (Å²) < 4.78 is 0. The van der Waals surface area contributed by atoms with Crippen LogP contribution in [0.15, 0.2) is 11.6 Å². The molecule has 3 saturated carbocycles. The molecule has 0 amide bonds. The summed E-state index contributed by atoms with van der Waals surface area (Å²) in [5, 5.41) is 22.3. The van der Waals surface area contributed by atoms with Gasteiger partial charge in [-0.3, -0.25) is 0 Å². The van der Waals surface area contributed by atoms with Gasteiger partial charge in [0.15, 0.2) is 0 Å². The first kappa shape index (κ1) is 21.9. The van der Waals surface area contributed by atoms with E-state index in [1.807, 2.05) is 0 Å². The molecule has 2 N–H and O–H groups in total. The van der Waals surface area contributed by atoms with Gasteiger partial charge in [-0.05, 0) is 98.2 Å². The highest BCUT2D eigenvalue weighted by molar-refractivity contribution is 5.26. The van der Waals surface area contributed by atoms with Crippen LogP contribution in [-0.4, -0.2) is 21.9 Å². The molecule has 3 fully saturated rings. The Morgan fingerprint density at radius 2 is 1.72 bits per heavy atom. The molecule has 166 valence electrons. The Balaban J connectivity index is 1.54. The van der Waals surface area contributed by atoms with Crippen LogP contribution in [0.5, 0.6) is 0 Å². The molecule has 0 aromatic heterocycles. The van der Waals surface area contributed by atoms with E-state index in [1.165, 1.54) is 44.9 Å². The minimum atomic E-state index is -0.479. The van der Waals surface area contributed by atoms with Crippen molar-refractivity contribution in [1.29, 1.82) is 0 Å². The van der Waals surface area contributed by atoms with Gasteiger partial charge in [0, 0.05) is 0 Å². The van der Waals surface area contributed by atoms with Crippen molar-refractivity contribution in [1.82, 2.24) is 0 Å². The van der Waals surface area contributed by atoms with Crippen molar-refractivity contribution in [2.45, 2.75) is 117 Å². The Kier molecular flexibility index (Phi) is 5.78. The topological polar surface area (TPSA) is 40.5 Å². The van der Waals surface area contributed by atoms with E-state index in [-0.39, 0.29) is 11.5 Å². The molecule has 0 aromatic carbocycles. The summed E-state index contributed by atoms with van der Waals surface area (Å²) >= 11 is 0. The molecule has 2 heteroatoms. The fraction of sp³-hybridized carbons (Fsp3) is 0.926. The van der Waals surface area contributed by atoms with Gasteiger partial charge in [-0.2, -0.15) is 0 Å². The first-order chi connectivity index (χ1) is 13.6. The van der Waals surface area contributed by atoms with Crippen LogP contribution in [0.3, 0.4) is 0 Å². The van der Waals surface area contributed by atoms with Crippen LogP contribution < -0.4 is 0 Å². The molecule has 0 unspecified atom stereocenters. The molecular weight excluding hydrogens is 356 g/mol. The van der Waals surface area contributed by atoms with Crippen molar-refractivity contribution >= 4 is 0 Å². The van der Waals surface area contributed by atoms with E-state index in [2.05, 4.69) is 40.7 Å². The van der Waals surface area contributed by atoms with Crippen LogP contribution in [0.4, 0.5) is 0 Å². The van der Waals surface area contributed by atoms with E-state index < -0.39 is 5.60 Å². The van der Waals surface area contributed by atoms with Crippen molar-refractivity contribution in [2.75, 3.05) is 0 Å². The van der Waals surface area contributed by atoms with Gasteiger partial charge in [0.1, 0.15) is 0 Å². The predicted octanol–water partition coefficient (Wildman–Crippen LogP) is 6.50. The standard InChI is InChI=1S/C27H46O2/c1-18(2)7-6-8-19(3)27(29)16-13-24-22-10-9-20-17-21(28)11-14-25(20,4)23(22)12-15-26(24,27)5/h9,18-19,21-24,28-29H,6-8,10-17H2,1-5H3/t19-,21+,22-,23+,24+,25+,26+,27-/m1/s1. The van der Waals surface area contributed by atoms with E-state index >= 15 is 0 Å². The third kappa shape index (κ3) is 3.36. The Labute approximate surface area is 179 Å². The maximum atomic E-state index is 12.1. The van der Waals surface area contributed by atoms with Gasteiger partial charge >= 0.3 is 0 Å². The lowest BCUT2D eigenvalue weighted by Gasteiger charge is -2.59. The zero-order valence-corrected chi connectivity index (χ0v) is 19.7. The highest BCUT2D eigenvalue weighted by atomic mass is 16.3. The number of aliphatic hydroxyl groups excluding tert-OH is 1. The molecule has 29 heavy (non-hydrogen) atoms. The van der Waals surface area contributed by atoms with E-state index in [1.54, 1.807) is 5.57 Å². The number of fused-ring (bicyclic) bond motifs is 5. The predicted molar refractivity (Wildman–Crippen MR) is 121 cm³/mol. The first-order valence-electron chi connectivity index (χ1n) is 12.7. The SMILES string of the molecule is CC(C)CCC[C@@H](C)[C@]1(O)CC[C@H]2[C@@H]3CC=C4C[C@@H](O)CC[C@]4(C)[C@H]3CC[C@@]21C. The lowest BCUT2D eigenvalue weighted by Crippen LogP contribution is -2.56. The minimum absolute atomic E-state index is 0.0846. The number of aliphatic hydroxyl groups is 2. The molecule has 0 aliphatic heterocycles. The van der Waals surface area contributed by atoms with E-state index in [9.17, 15) is 10.2 Å². The van der Waals surface area contributed by atoms with Gasteiger partial charge < -0.3 is 10.2 Å². The van der Waals surface area contributed by atoms with E-state index in [0.717, 1.165) is 43.4 Å². The number of rotatable bonds is 5. The van der Waals surface area contributed by atoms with E-state index in [4.69, 9.17) is 0 Å². The number of hydrogen-bond acceptors (Lipinski definition) is 2. The highest BCUT2D eigenvalue weighted by Gasteiger charge is 2.64. The van der Waals surface area contributed by atoms with Crippen molar-refractivity contribution in [3.05, 3.63) is 11.6 Å². The first-order valence-corrected chi connectivity index (χ1v) is 12.7. The van der Waals surface area contributed by atoms with E-state index in [0.29, 0.717) is 17.3 Å². The van der Waals surface area contributed by atoms with Crippen LogP contribution in [0, 0.1) is 40.4 Å². The quantitative estimate of drug-likeness (QED) is 0.515. The Morgan fingerprint density at radius 3 is 2.45 bits per heavy atom. The van der Waals surface area contributed by atoms with Crippen LogP contribution >= 0.6 is 0 Å². The maximum Gasteiger partial charge on any atom is 0.0729 e. The lowest BCUT2D eigenvalue weighted by atomic mass is 9.46. The number of hydrogen-bond donors (Lipinski definition) is 2. The minimum Gasteiger partial charge on any atom is -0.393 e. The summed E-state index contributed by atoms with van der Waals surface area (Å²) in [6.07, 6.45) is 15.0. The van der Waals surface area contributed by atoms with Crippen molar-refractivity contribution in [3.8, 4) is 0 Å². The van der Waals surface area contributed by atoms with Gasteiger partial charge in [-0.1, -0.05) is 59.1 Å². The fourth-order valence-electron chi connectivity index (χ4n) is 8.57.